The third kappa shape index (κ3) is 2.10. The lowest BCUT2D eigenvalue weighted by Crippen LogP contribution is -1.98. The van der Waals surface area contributed by atoms with Gasteiger partial charge in [-0.3, -0.25) is 0 Å². The molecule has 0 aliphatic carbocycles. The highest BCUT2D eigenvalue weighted by Gasteiger charge is 2.14. The molecule has 0 heterocycles. The molecular weight excluding hydrogens is 319 g/mol. The van der Waals surface area contributed by atoms with Gasteiger partial charge in [-0.2, -0.15) is 0 Å². The lowest BCUT2D eigenvalue weighted by Gasteiger charge is -2.10. The largest absolute Gasteiger partial charge is 0.478 e. The zero-order chi connectivity index (χ0) is 14.4. The van der Waals surface area contributed by atoms with Gasteiger partial charge in [0, 0.05) is 15.4 Å². The molecule has 0 aromatic heterocycles. The number of carboxylic acid groups (broad SMARTS) is 1. The second-order valence-electron chi connectivity index (χ2n) is 4.40. The van der Waals surface area contributed by atoms with Crippen LogP contribution in [0, 0.1) is 0 Å². The van der Waals surface area contributed by atoms with Gasteiger partial charge in [-0.15, -0.1) is 0 Å². The van der Waals surface area contributed by atoms with Crippen LogP contribution in [0.2, 0.25) is 15.1 Å². The van der Waals surface area contributed by atoms with E-state index in [1.54, 1.807) is 36.4 Å². The molecule has 0 saturated carbocycles. The van der Waals surface area contributed by atoms with Crippen molar-refractivity contribution in [1.29, 1.82) is 0 Å². The Morgan fingerprint density at radius 3 is 2.35 bits per heavy atom. The lowest BCUT2D eigenvalue weighted by atomic mass is 9.97. The van der Waals surface area contributed by atoms with Gasteiger partial charge in [0.05, 0.1) is 10.6 Å². The first kappa shape index (κ1) is 13.5. The molecule has 0 bridgehead atoms. The Morgan fingerprint density at radius 1 is 0.900 bits per heavy atom. The van der Waals surface area contributed by atoms with Gasteiger partial charge in [0.25, 0.3) is 0 Å². The molecule has 2 nitrogen and oxygen atoms in total. The van der Waals surface area contributed by atoms with Crippen LogP contribution in [0.5, 0.6) is 0 Å². The Balaban J connectivity index is 2.62. The van der Waals surface area contributed by atoms with Crippen molar-refractivity contribution < 1.29 is 9.90 Å². The summed E-state index contributed by atoms with van der Waals surface area (Å²) in [5, 5.41) is 13.5. The molecule has 20 heavy (non-hydrogen) atoms. The molecule has 0 saturated heterocycles. The normalized spacial score (nSPS) is 11.2. The molecule has 0 radical (unpaired) electrons. The smallest absolute Gasteiger partial charge is 0.336 e. The molecule has 0 atom stereocenters. The highest BCUT2D eigenvalue weighted by molar-refractivity contribution is 6.41. The van der Waals surface area contributed by atoms with Crippen molar-refractivity contribution in [2.75, 3.05) is 0 Å². The summed E-state index contributed by atoms with van der Waals surface area (Å²) in [6, 6.07) is 9.95. The van der Waals surface area contributed by atoms with Crippen LogP contribution in [0.15, 0.2) is 36.4 Å². The highest BCUT2D eigenvalue weighted by Crippen LogP contribution is 2.36. The van der Waals surface area contributed by atoms with Crippen LogP contribution >= 0.6 is 34.8 Å². The zero-order valence-electron chi connectivity index (χ0n) is 9.95. The molecule has 3 aromatic rings. The number of benzene rings is 3. The van der Waals surface area contributed by atoms with E-state index in [2.05, 4.69) is 0 Å². The van der Waals surface area contributed by atoms with E-state index in [-0.39, 0.29) is 5.56 Å². The van der Waals surface area contributed by atoms with Gasteiger partial charge in [0.2, 0.25) is 0 Å². The molecule has 0 spiro atoms. The van der Waals surface area contributed by atoms with Crippen molar-refractivity contribution in [1.82, 2.24) is 0 Å². The first-order chi connectivity index (χ1) is 9.47. The van der Waals surface area contributed by atoms with Crippen molar-refractivity contribution in [2.24, 2.45) is 0 Å². The summed E-state index contributed by atoms with van der Waals surface area (Å²) < 4.78 is 0. The molecule has 1 N–H and O–H groups in total. The molecule has 3 aromatic carbocycles. The number of halogens is 3. The summed E-state index contributed by atoms with van der Waals surface area (Å²) in [7, 11) is 0. The van der Waals surface area contributed by atoms with Gasteiger partial charge in [-0.25, -0.2) is 4.79 Å². The van der Waals surface area contributed by atoms with E-state index in [9.17, 15) is 9.90 Å². The predicted octanol–water partition coefficient (Wildman–Crippen LogP) is 5.65. The topological polar surface area (TPSA) is 37.3 Å². The first-order valence-corrected chi connectivity index (χ1v) is 6.85. The standard InChI is InChI=1S/C15H7Cl3O2/c16-8-1-2-10-11(5-8)14-7(4-12(10)15(19)20)3-9(17)6-13(14)18/h1-6H,(H,19,20). The van der Waals surface area contributed by atoms with Crippen molar-refractivity contribution in [3.05, 3.63) is 57.0 Å². The number of carbonyl (C=O) groups is 1. The summed E-state index contributed by atoms with van der Waals surface area (Å²) in [6.07, 6.45) is 0. The van der Waals surface area contributed by atoms with E-state index >= 15 is 0 Å². The van der Waals surface area contributed by atoms with E-state index in [4.69, 9.17) is 34.8 Å². The van der Waals surface area contributed by atoms with Gasteiger partial charge < -0.3 is 5.11 Å². The van der Waals surface area contributed by atoms with Crippen LogP contribution in [-0.2, 0) is 0 Å². The van der Waals surface area contributed by atoms with Gasteiger partial charge in [-0.1, -0.05) is 40.9 Å². The Labute approximate surface area is 129 Å². The van der Waals surface area contributed by atoms with Gasteiger partial charge in [0.1, 0.15) is 0 Å². The maximum absolute atomic E-state index is 11.4. The molecule has 0 aliphatic rings. The fraction of sp³-hybridized carbons (Fsp3) is 0. The minimum atomic E-state index is -1.00. The minimum absolute atomic E-state index is 0.197. The zero-order valence-corrected chi connectivity index (χ0v) is 12.2. The number of fused-ring (bicyclic) bond motifs is 3. The number of hydrogen-bond donors (Lipinski definition) is 1. The monoisotopic (exact) mass is 324 g/mol. The molecule has 5 heteroatoms. The third-order valence-electron chi connectivity index (χ3n) is 3.16. The minimum Gasteiger partial charge on any atom is -0.478 e. The highest BCUT2D eigenvalue weighted by atomic mass is 35.5. The van der Waals surface area contributed by atoms with E-state index < -0.39 is 5.97 Å². The predicted molar refractivity (Wildman–Crippen MR) is 83.4 cm³/mol. The fourth-order valence-electron chi connectivity index (χ4n) is 2.36. The van der Waals surface area contributed by atoms with E-state index in [1.165, 1.54) is 0 Å². The second-order valence-corrected chi connectivity index (χ2v) is 5.68. The summed E-state index contributed by atoms with van der Waals surface area (Å²) in [6.45, 7) is 0. The molecule has 0 aliphatic heterocycles. The summed E-state index contributed by atoms with van der Waals surface area (Å²) in [4.78, 5) is 11.4. The Bertz CT molecular complexity index is 872. The van der Waals surface area contributed by atoms with Crippen molar-refractivity contribution >= 4 is 62.3 Å². The number of aromatic carboxylic acids is 1. The van der Waals surface area contributed by atoms with Gasteiger partial charge >= 0.3 is 5.97 Å². The van der Waals surface area contributed by atoms with Crippen LogP contribution in [0.1, 0.15) is 10.4 Å². The van der Waals surface area contributed by atoms with Crippen LogP contribution in [0.3, 0.4) is 0 Å². The Hall–Kier alpha value is -1.48. The summed E-state index contributed by atoms with van der Waals surface area (Å²) >= 11 is 18.2. The maximum Gasteiger partial charge on any atom is 0.336 e. The van der Waals surface area contributed by atoms with E-state index in [1.807, 2.05) is 0 Å². The fourth-order valence-corrected chi connectivity index (χ4v) is 3.14. The van der Waals surface area contributed by atoms with Crippen molar-refractivity contribution in [2.45, 2.75) is 0 Å². The molecule has 100 valence electrons. The van der Waals surface area contributed by atoms with Crippen molar-refractivity contribution in [3.8, 4) is 0 Å². The second kappa shape index (κ2) is 4.81. The summed E-state index contributed by atoms with van der Waals surface area (Å²) in [5.41, 5.74) is 0.197. The maximum atomic E-state index is 11.4. The van der Waals surface area contributed by atoms with Gasteiger partial charge in [-0.05, 0) is 46.5 Å². The van der Waals surface area contributed by atoms with Crippen LogP contribution in [0.25, 0.3) is 21.5 Å². The SMILES string of the molecule is O=C(O)c1cc2cc(Cl)cc(Cl)c2c2cc(Cl)ccc12. The van der Waals surface area contributed by atoms with E-state index in [0.29, 0.717) is 31.2 Å². The first-order valence-electron chi connectivity index (χ1n) is 5.71. The molecular formula is C15H7Cl3O2. The summed E-state index contributed by atoms with van der Waals surface area (Å²) in [5.74, 6) is -1.00. The number of rotatable bonds is 1. The number of carboxylic acids is 1. The molecule has 0 unspecified atom stereocenters. The van der Waals surface area contributed by atoms with Crippen LogP contribution < -0.4 is 0 Å². The third-order valence-corrected chi connectivity index (χ3v) is 3.91. The van der Waals surface area contributed by atoms with Crippen LogP contribution in [-0.4, -0.2) is 11.1 Å². The van der Waals surface area contributed by atoms with Crippen LogP contribution in [0.4, 0.5) is 0 Å². The molecule has 3 rings (SSSR count). The van der Waals surface area contributed by atoms with Crippen molar-refractivity contribution in [3.63, 3.8) is 0 Å². The molecule has 0 amide bonds. The lowest BCUT2D eigenvalue weighted by molar-refractivity contribution is 0.0699. The van der Waals surface area contributed by atoms with Gasteiger partial charge in [0.15, 0.2) is 0 Å². The molecule has 0 fully saturated rings. The number of hydrogen-bond acceptors (Lipinski definition) is 1. The Morgan fingerprint density at radius 2 is 1.65 bits per heavy atom. The average Bonchev–Trinajstić information content (AvgIpc) is 2.36. The Kier molecular flexibility index (Phi) is 3.25. The van der Waals surface area contributed by atoms with E-state index in [0.717, 1.165) is 5.39 Å². The average molecular weight is 326 g/mol. The quantitative estimate of drug-likeness (QED) is 0.587.